The van der Waals surface area contributed by atoms with E-state index in [9.17, 15) is 0 Å². The summed E-state index contributed by atoms with van der Waals surface area (Å²) in [5, 5.41) is 4.76. The molecule has 0 radical (unpaired) electrons. The highest BCUT2D eigenvalue weighted by molar-refractivity contribution is 7.16. The van der Waals surface area contributed by atoms with E-state index in [1.54, 1.807) is 17.4 Å². The van der Waals surface area contributed by atoms with Crippen molar-refractivity contribution in [1.82, 2.24) is 0 Å². The number of benzene rings is 1. The number of hydrogen-bond donors (Lipinski definition) is 1. The molecule has 0 saturated heterocycles. The number of rotatable bonds is 2. The van der Waals surface area contributed by atoms with Crippen LogP contribution in [0.15, 0.2) is 24.3 Å². The first kappa shape index (κ1) is 12.6. The Morgan fingerprint density at radius 2 is 2.00 bits per heavy atom. The quantitative estimate of drug-likeness (QED) is 0.737. The summed E-state index contributed by atoms with van der Waals surface area (Å²) < 4.78 is 0.855. The fraction of sp³-hybridized carbons (Fsp3) is 0.231. The molecule has 0 amide bonds. The molecule has 0 fully saturated rings. The van der Waals surface area contributed by atoms with Crippen LogP contribution in [0.25, 0.3) is 0 Å². The van der Waals surface area contributed by atoms with Crippen molar-refractivity contribution in [2.24, 2.45) is 0 Å². The number of aryl methyl sites for hydroxylation is 1. The minimum absolute atomic E-state index is 0.294. The van der Waals surface area contributed by atoms with Gasteiger partial charge in [0.05, 0.1) is 21.1 Å². The Bertz CT molecular complexity index is 594. The van der Waals surface area contributed by atoms with Gasteiger partial charge in [0, 0.05) is 9.90 Å². The highest BCUT2D eigenvalue weighted by Gasteiger charge is 2.25. The lowest BCUT2D eigenvalue weighted by atomic mass is 10.1. The molecule has 3 rings (SSSR count). The Hall–Kier alpha value is -0.410. The third-order valence-electron chi connectivity index (χ3n) is 3.11. The summed E-state index contributed by atoms with van der Waals surface area (Å²) in [4.78, 5) is 1.38. The molecule has 1 aliphatic rings. The monoisotopic (exact) mass is 317 g/mol. The van der Waals surface area contributed by atoms with Crippen LogP contribution in [0.2, 0.25) is 14.4 Å². The number of thiophene rings is 1. The average molecular weight is 319 g/mol. The minimum Gasteiger partial charge on any atom is -0.377 e. The van der Waals surface area contributed by atoms with Crippen LogP contribution in [0.3, 0.4) is 0 Å². The molecule has 1 aromatic carbocycles. The van der Waals surface area contributed by atoms with E-state index in [1.165, 1.54) is 10.4 Å². The van der Waals surface area contributed by atoms with Crippen LogP contribution in [-0.4, -0.2) is 0 Å². The SMILES string of the molecule is Clc1ccc(NC2CCc3sc(Cl)cc32)c(Cl)c1. The molecular formula is C13H10Cl3NS. The molecule has 1 nitrogen and oxygen atoms in total. The van der Waals surface area contributed by atoms with Gasteiger partial charge in [-0.15, -0.1) is 11.3 Å². The van der Waals surface area contributed by atoms with Gasteiger partial charge >= 0.3 is 0 Å². The predicted molar refractivity (Wildman–Crippen MR) is 80.5 cm³/mol. The second kappa shape index (κ2) is 4.93. The van der Waals surface area contributed by atoms with Crippen molar-refractivity contribution in [2.45, 2.75) is 18.9 Å². The van der Waals surface area contributed by atoms with E-state index < -0.39 is 0 Å². The van der Waals surface area contributed by atoms with Crippen LogP contribution in [0.4, 0.5) is 5.69 Å². The Balaban J connectivity index is 1.85. The molecule has 94 valence electrons. The molecule has 2 aromatic rings. The second-order valence-corrected chi connectivity index (χ2v) is 6.90. The lowest BCUT2D eigenvalue weighted by Gasteiger charge is -2.15. The molecule has 0 saturated carbocycles. The van der Waals surface area contributed by atoms with Gasteiger partial charge in [0.25, 0.3) is 0 Å². The van der Waals surface area contributed by atoms with E-state index in [4.69, 9.17) is 34.8 Å². The zero-order valence-corrected chi connectivity index (χ0v) is 12.4. The van der Waals surface area contributed by atoms with Gasteiger partial charge in [-0.1, -0.05) is 34.8 Å². The Kier molecular flexibility index (Phi) is 3.46. The fourth-order valence-electron chi connectivity index (χ4n) is 2.27. The minimum atomic E-state index is 0.294. The largest absolute Gasteiger partial charge is 0.377 e. The van der Waals surface area contributed by atoms with Gasteiger partial charge in [-0.25, -0.2) is 0 Å². The maximum Gasteiger partial charge on any atom is 0.0934 e. The van der Waals surface area contributed by atoms with Gasteiger partial charge in [-0.2, -0.15) is 0 Å². The number of anilines is 1. The first-order valence-electron chi connectivity index (χ1n) is 5.63. The molecule has 0 bridgehead atoms. The summed E-state index contributed by atoms with van der Waals surface area (Å²) in [7, 11) is 0. The highest BCUT2D eigenvalue weighted by atomic mass is 35.5. The lowest BCUT2D eigenvalue weighted by Crippen LogP contribution is -2.06. The summed E-state index contributed by atoms with van der Waals surface area (Å²) in [5.74, 6) is 0. The summed E-state index contributed by atoms with van der Waals surface area (Å²) in [5.41, 5.74) is 2.22. The van der Waals surface area contributed by atoms with Gasteiger partial charge in [0.15, 0.2) is 0 Å². The van der Waals surface area contributed by atoms with Crippen LogP contribution in [0.1, 0.15) is 22.9 Å². The van der Waals surface area contributed by atoms with Crippen molar-refractivity contribution in [1.29, 1.82) is 0 Å². The van der Waals surface area contributed by atoms with E-state index in [1.807, 2.05) is 12.1 Å². The maximum absolute atomic E-state index is 6.17. The predicted octanol–water partition coefficient (Wildman–Crippen LogP) is 5.81. The summed E-state index contributed by atoms with van der Waals surface area (Å²) in [6.07, 6.45) is 2.16. The first-order chi connectivity index (χ1) is 8.63. The smallest absolute Gasteiger partial charge is 0.0934 e. The molecule has 0 spiro atoms. The molecule has 1 unspecified atom stereocenters. The third-order valence-corrected chi connectivity index (χ3v) is 5.00. The molecule has 1 aromatic heterocycles. The molecular weight excluding hydrogens is 309 g/mol. The third kappa shape index (κ3) is 2.35. The van der Waals surface area contributed by atoms with Crippen LogP contribution in [-0.2, 0) is 6.42 Å². The van der Waals surface area contributed by atoms with E-state index >= 15 is 0 Å². The zero-order chi connectivity index (χ0) is 12.7. The Morgan fingerprint density at radius 1 is 1.17 bits per heavy atom. The molecule has 1 heterocycles. The molecule has 1 aliphatic carbocycles. The normalized spacial score (nSPS) is 17.8. The molecule has 5 heteroatoms. The molecule has 0 aliphatic heterocycles. The van der Waals surface area contributed by atoms with Crippen molar-refractivity contribution in [3.63, 3.8) is 0 Å². The topological polar surface area (TPSA) is 12.0 Å². The van der Waals surface area contributed by atoms with Gasteiger partial charge in [-0.3, -0.25) is 0 Å². The first-order valence-corrected chi connectivity index (χ1v) is 7.58. The van der Waals surface area contributed by atoms with Gasteiger partial charge in [0.2, 0.25) is 0 Å². The van der Waals surface area contributed by atoms with Crippen LogP contribution in [0, 0.1) is 0 Å². The van der Waals surface area contributed by atoms with E-state index in [-0.39, 0.29) is 0 Å². The summed E-state index contributed by atoms with van der Waals surface area (Å²) >= 11 is 19.8. The summed E-state index contributed by atoms with van der Waals surface area (Å²) in [6, 6.07) is 7.85. The van der Waals surface area contributed by atoms with Gasteiger partial charge in [0.1, 0.15) is 0 Å². The fourth-order valence-corrected chi connectivity index (χ4v) is 4.09. The van der Waals surface area contributed by atoms with E-state index in [0.717, 1.165) is 22.9 Å². The molecule has 1 atom stereocenters. The van der Waals surface area contributed by atoms with E-state index in [0.29, 0.717) is 16.1 Å². The number of nitrogens with one attached hydrogen (secondary N) is 1. The van der Waals surface area contributed by atoms with Crippen molar-refractivity contribution < 1.29 is 0 Å². The van der Waals surface area contributed by atoms with Crippen molar-refractivity contribution >= 4 is 51.8 Å². The van der Waals surface area contributed by atoms with Gasteiger partial charge in [-0.05, 0) is 42.7 Å². The van der Waals surface area contributed by atoms with Crippen molar-refractivity contribution in [3.8, 4) is 0 Å². The molecule has 18 heavy (non-hydrogen) atoms. The van der Waals surface area contributed by atoms with Crippen molar-refractivity contribution in [2.75, 3.05) is 5.32 Å². The van der Waals surface area contributed by atoms with Crippen LogP contribution < -0.4 is 5.32 Å². The summed E-state index contributed by atoms with van der Waals surface area (Å²) in [6.45, 7) is 0. The molecule has 1 N–H and O–H groups in total. The van der Waals surface area contributed by atoms with Crippen molar-refractivity contribution in [3.05, 3.63) is 49.1 Å². The maximum atomic E-state index is 6.17. The Morgan fingerprint density at radius 3 is 2.78 bits per heavy atom. The second-order valence-electron chi connectivity index (χ2n) is 4.29. The average Bonchev–Trinajstić information content (AvgIpc) is 2.83. The number of halogens is 3. The highest BCUT2D eigenvalue weighted by Crippen LogP contribution is 2.41. The standard InChI is InChI=1S/C13H10Cl3NS/c14-7-1-2-11(9(15)5-7)17-10-3-4-12-8(10)6-13(16)18-12/h1-2,5-6,10,17H,3-4H2. The number of fused-ring (bicyclic) bond motifs is 1. The lowest BCUT2D eigenvalue weighted by molar-refractivity contribution is 0.762. The van der Waals surface area contributed by atoms with Gasteiger partial charge < -0.3 is 5.32 Å². The van der Waals surface area contributed by atoms with E-state index in [2.05, 4.69) is 11.4 Å². The van der Waals surface area contributed by atoms with Crippen LogP contribution >= 0.6 is 46.1 Å². The zero-order valence-electron chi connectivity index (χ0n) is 9.34. The Labute approximate surface area is 125 Å². The number of hydrogen-bond acceptors (Lipinski definition) is 2. The van der Waals surface area contributed by atoms with Crippen LogP contribution in [0.5, 0.6) is 0 Å².